The average Bonchev–Trinajstić information content (AvgIpc) is 2.68. The van der Waals surface area contributed by atoms with Crippen LogP contribution in [0.1, 0.15) is 56.2 Å². The minimum Gasteiger partial charge on any atom is -0.351 e. The molecule has 2 aliphatic rings. The molecule has 1 aliphatic carbocycles. The standard InChI is InChI=1S/C26H33N3O2/c1-26(2,3)28-24(30)19-11-13-29(14-12-19)17-18-7-6-9-21(15-18)27-25(31)23-16-20-8-4-5-10-22(20)23/h4-10,15,19,23H,11-14,16-17H2,1-3H3,(H,27,31)(H,28,30). The molecule has 5 heteroatoms. The summed E-state index contributed by atoms with van der Waals surface area (Å²) >= 11 is 0. The molecule has 1 unspecified atom stereocenters. The van der Waals surface area contributed by atoms with Crippen molar-refractivity contribution in [3.8, 4) is 0 Å². The number of fused-ring (bicyclic) bond motifs is 1. The molecule has 0 aromatic heterocycles. The molecule has 31 heavy (non-hydrogen) atoms. The second-order valence-corrected chi connectivity index (χ2v) is 9.93. The first-order valence-electron chi connectivity index (χ1n) is 11.3. The lowest BCUT2D eigenvalue weighted by molar-refractivity contribution is -0.128. The monoisotopic (exact) mass is 419 g/mol. The fourth-order valence-corrected chi connectivity index (χ4v) is 4.55. The number of carbonyl (C=O) groups is 2. The topological polar surface area (TPSA) is 61.4 Å². The highest BCUT2D eigenvalue weighted by Gasteiger charge is 2.32. The van der Waals surface area contributed by atoms with Crippen molar-refractivity contribution < 1.29 is 9.59 Å². The van der Waals surface area contributed by atoms with Crippen molar-refractivity contribution in [2.45, 2.75) is 58.0 Å². The van der Waals surface area contributed by atoms with Gasteiger partial charge in [-0.05, 0) is 81.9 Å². The molecule has 2 aromatic carbocycles. The Balaban J connectivity index is 1.29. The zero-order chi connectivity index (χ0) is 22.0. The first kappa shape index (κ1) is 21.6. The molecule has 0 bridgehead atoms. The van der Waals surface area contributed by atoms with E-state index in [4.69, 9.17) is 0 Å². The Labute approximate surface area is 185 Å². The Kier molecular flexibility index (Phi) is 6.15. The fourth-order valence-electron chi connectivity index (χ4n) is 4.55. The van der Waals surface area contributed by atoms with E-state index in [0.29, 0.717) is 0 Å². The number of anilines is 1. The number of nitrogens with zero attached hydrogens (tertiary/aromatic N) is 1. The Morgan fingerprint density at radius 1 is 1.00 bits per heavy atom. The lowest BCUT2D eigenvalue weighted by Crippen LogP contribution is -2.46. The summed E-state index contributed by atoms with van der Waals surface area (Å²) in [6.45, 7) is 8.74. The van der Waals surface area contributed by atoms with Gasteiger partial charge in [0.05, 0.1) is 5.92 Å². The van der Waals surface area contributed by atoms with Crippen LogP contribution in [0.5, 0.6) is 0 Å². The molecule has 1 fully saturated rings. The predicted octanol–water partition coefficient (Wildman–Crippen LogP) is 4.09. The molecule has 1 aliphatic heterocycles. The van der Waals surface area contributed by atoms with E-state index < -0.39 is 0 Å². The van der Waals surface area contributed by atoms with Crippen LogP contribution in [0, 0.1) is 5.92 Å². The number of likely N-dealkylation sites (tertiary alicyclic amines) is 1. The quantitative estimate of drug-likeness (QED) is 0.767. The van der Waals surface area contributed by atoms with Crippen LogP contribution in [0.15, 0.2) is 48.5 Å². The van der Waals surface area contributed by atoms with Gasteiger partial charge in [0.15, 0.2) is 0 Å². The van der Waals surface area contributed by atoms with E-state index >= 15 is 0 Å². The molecule has 2 amide bonds. The van der Waals surface area contributed by atoms with E-state index in [2.05, 4.69) is 33.7 Å². The number of benzene rings is 2. The molecule has 2 aromatic rings. The van der Waals surface area contributed by atoms with Crippen molar-refractivity contribution >= 4 is 17.5 Å². The Morgan fingerprint density at radius 2 is 1.74 bits per heavy atom. The van der Waals surface area contributed by atoms with Gasteiger partial charge in [-0.3, -0.25) is 14.5 Å². The van der Waals surface area contributed by atoms with Gasteiger partial charge in [0.1, 0.15) is 0 Å². The summed E-state index contributed by atoms with van der Waals surface area (Å²) in [4.78, 5) is 27.5. The van der Waals surface area contributed by atoms with Crippen molar-refractivity contribution in [2.75, 3.05) is 18.4 Å². The number of rotatable bonds is 5. The molecule has 1 heterocycles. The average molecular weight is 420 g/mol. The van der Waals surface area contributed by atoms with Gasteiger partial charge in [0.2, 0.25) is 11.8 Å². The van der Waals surface area contributed by atoms with Crippen LogP contribution in [0.4, 0.5) is 5.69 Å². The smallest absolute Gasteiger partial charge is 0.232 e. The number of amides is 2. The maximum atomic E-state index is 12.7. The van der Waals surface area contributed by atoms with Gasteiger partial charge >= 0.3 is 0 Å². The maximum Gasteiger partial charge on any atom is 0.232 e. The summed E-state index contributed by atoms with van der Waals surface area (Å²) in [6, 6.07) is 16.3. The van der Waals surface area contributed by atoms with E-state index in [1.807, 2.05) is 51.1 Å². The molecule has 0 spiro atoms. The third kappa shape index (κ3) is 5.34. The highest BCUT2D eigenvalue weighted by molar-refractivity contribution is 5.97. The first-order chi connectivity index (χ1) is 14.8. The van der Waals surface area contributed by atoms with Crippen molar-refractivity contribution in [3.05, 3.63) is 65.2 Å². The van der Waals surface area contributed by atoms with Gasteiger partial charge in [-0.25, -0.2) is 0 Å². The largest absolute Gasteiger partial charge is 0.351 e. The SMILES string of the molecule is CC(C)(C)NC(=O)C1CCN(Cc2cccc(NC(=O)C3Cc4ccccc43)c2)CC1. The van der Waals surface area contributed by atoms with Gasteiger partial charge in [0.25, 0.3) is 0 Å². The van der Waals surface area contributed by atoms with Crippen molar-refractivity contribution in [1.82, 2.24) is 10.2 Å². The van der Waals surface area contributed by atoms with Crippen LogP contribution >= 0.6 is 0 Å². The number of hydrogen-bond donors (Lipinski definition) is 2. The van der Waals surface area contributed by atoms with Gasteiger partial charge in [-0.1, -0.05) is 36.4 Å². The van der Waals surface area contributed by atoms with Crippen LogP contribution in [-0.2, 0) is 22.6 Å². The van der Waals surface area contributed by atoms with Crippen LogP contribution in [0.3, 0.4) is 0 Å². The Hall–Kier alpha value is -2.66. The van der Waals surface area contributed by atoms with Crippen molar-refractivity contribution in [2.24, 2.45) is 5.92 Å². The van der Waals surface area contributed by atoms with E-state index in [1.54, 1.807) is 0 Å². The zero-order valence-corrected chi connectivity index (χ0v) is 18.8. The normalized spacial score (nSPS) is 19.3. The summed E-state index contributed by atoms with van der Waals surface area (Å²) in [6.07, 6.45) is 2.60. The van der Waals surface area contributed by atoms with Crippen molar-refractivity contribution in [1.29, 1.82) is 0 Å². The minimum absolute atomic E-state index is 0.0434. The minimum atomic E-state index is -0.180. The molecule has 1 saturated heterocycles. The van der Waals surface area contributed by atoms with E-state index in [-0.39, 0.29) is 29.2 Å². The van der Waals surface area contributed by atoms with E-state index in [0.717, 1.165) is 50.1 Å². The van der Waals surface area contributed by atoms with Gasteiger partial charge in [0, 0.05) is 23.7 Å². The second kappa shape index (κ2) is 8.83. The number of carbonyl (C=O) groups excluding carboxylic acids is 2. The molecule has 0 radical (unpaired) electrons. The molecule has 164 valence electrons. The van der Waals surface area contributed by atoms with Crippen LogP contribution in [0.25, 0.3) is 0 Å². The third-order valence-corrected chi connectivity index (χ3v) is 6.23. The summed E-state index contributed by atoms with van der Waals surface area (Å²) in [5, 5.41) is 6.20. The summed E-state index contributed by atoms with van der Waals surface area (Å²) < 4.78 is 0. The molecule has 2 N–H and O–H groups in total. The lowest BCUT2D eigenvalue weighted by Gasteiger charge is -2.33. The van der Waals surface area contributed by atoms with Crippen LogP contribution < -0.4 is 10.6 Å². The van der Waals surface area contributed by atoms with Crippen LogP contribution in [-0.4, -0.2) is 35.3 Å². The third-order valence-electron chi connectivity index (χ3n) is 6.23. The van der Waals surface area contributed by atoms with Crippen LogP contribution in [0.2, 0.25) is 0 Å². The molecule has 0 saturated carbocycles. The summed E-state index contributed by atoms with van der Waals surface area (Å²) in [5.74, 6) is 0.306. The molecule has 1 atom stereocenters. The number of hydrogen-bond acceptors (Lipinski definition) is 3. The van der Waals surface area contributed by atoms with E-state index in [9.17, 15) is 9.59 Å². The van der Waals surface area contributed by atoms with Gasteiger partial charge in [-0.15, -0.1) is 0 Å². The maximum absolute atomic E-state index is 12.7. The van der Waals surface area contributed by atoms with Gasteiger partial charge in [-0.2, -0.15) is 0 Å². The van der Waals surface area contributed by atoms with E-state index in [1.165, 1.54) is 11.1 Å². The lowest BCUT2D eigenvalue weighted by atomic mass is 9.77. The molecular weight excluding hydrogens is 386 g/mol. The highest BCUT2D eigenvalue weighted by atomic mass is 16.2. The molecular formula is C26H33N3O2. The molecule has 4 rings (SSSR count). The fraction of sp³-hybridized carbons (Fsp3) is 0.462. The predicted molar refractivity (Wildman–Crippen MR) is 124 cm³/mol. The summed E-state index contributed by atoms with van der Waals surface area (Å²) in [7, 11) is 0. The second-order valence-electron chi connectivity index (χ2n) is 9.93. The zero-order valence-electron chi connectivity index (χ0n) is 18.8. The number of nitrogens with one attached hydrogen (secondary N) is 2. The Morgan fingerprint density at radius 3 is 2.45 bits per heavy atom. The molecule has 5 nitrogen and oxygen atoms in total. The van der Waals surface area contributed by atoms with Crippen molar-refractivity contribution in [3.63, 3.8) is 0 Å². The Bertz CT molecular complexity index is 955. The number of piperidine rings is 1. The van der Waals surface area contributed by atoms with Gasteiger partial charge < -0.3 is 10.6 Å². The highest BCUT2D eigenvalue weighted by Crippen LogP contribution is 2.35. The summed E-state index contributed by atoms with van der Waals surface area (Å²) in [5.41, 5.74) is 4.28. The first-order valence-corrected chi connectivity index (χ1v) is 11.3.